The number of nitrogens with zero attached hydrogens (tertiary/aromatic N) is 2. The molecule has 1 fully saturated rings. The Hall–Kier alpha value is -1.92. The molecule has 5 nitrogen and oxygen atoms in total. The summed E-state index contributed by atoms with van der Waals surface area (Å²) in [7, 11) is 1.73. The molecule has 1 atom stereocenters. The number of likely N-dealkylation sites (tertiary alicyclic amines) is 1. The Bertz CT molecular complexity index is 647. The third kappa shape index (κ3) is 4.13. The predicted molar refractivity (Wildman–Crippen MR) is 89.6 cm³/mol. The predicted octanol–water partition coefficient (Wildman–Crippen LogP) is 2.95. The first-order valence-electron chi connectivity index (χ1n) is 8.42. The number of ether oxygens (including phenoxy) is 2. The molecule has 1 N–H and O–H groups in total. The Kier molecular flexibility index (Phi) is 5.82. The van der Waals surface area contributed by atoms with Crippen molar-refractivity contribution < 1.29 is 13.9 Å². The van der Waals surface area contributed by atoms with E-state index in [0.29, 0.717) is 24.8 Å². The molecule has 6 heteroatoms. The molecule has 1 saturated heterocycles. The summed E-state index contributed by atoms with van der Waals surface area (Å²) in [5, 5.41) is 7.54. The normalized spacial score (nSPS) is 18.2. The molecule has 3 rings (SSSR count). The topological polar surface area (TPSA) is 50.4 Å². The molecule has 0 bridgehead atoms. The molecule has 1 aliphatic heterocycles. The van der Waals surface area contributed by atoms with Crippen LogP contribution in [0.5, 0.6) is 5.75 Å². The van der Waals surface area contributed by atoms with Gasteiger partial charge in [0.15, 0.2) is 11.6 Å². The Labute approximate surface area is 141 Å². The van der Waals surface area contributed by atoms with E-state index in [2.05, 4.69) is 21.2 Å². The van der Waals surface area contributed by atoms with Crippen LogP contribution in [-0.2, 0) is 11.2 Å². The van der Waals surface area contributed by atoms with E-state index in [1.54, 1.807) is 25.3 Å². The van der Waals surface area contributed by atoms with Crippen LogP contribution >= 0.6 is 0 Å². The van der Waals surface area contributed by atoms with Crippen LogP contribution in [0.1, 0.15) is 30.3 Å². The van der Waals surface area contributed by atoms with E-state index in [-0.39, 0.29) is 5.82 Å². The first kappa shape index (κ1) is 16.9. The lowest BCUT2D eigenvalue weighted by molar-refractivity contribution is 0.140. The van der Waals surface area contributed by atoms with Crippen LogP contribution in [0, 0.1) is 5.82 Å². The van der Waals surface area contributed by atoms with Gasteiger partial charge in [-0.1, -0.05) is 12.1 Å². The van der Waals surface area contributed by atoms with Crippen molar-refractivity contribution in [1.82, 2.24) is 15.1 Å². The lowest BCUT2D eigenvalue weighted by Crippen LogP contribution is -2.27. The van der Waals surface area contributed by atoms with Gasteiger partial charge in [0.25, 0.3) is 0 Å². The van der Waals surface area contributed by atoms with Gasteiger partial charge in [0, 0.05) is 25.8 Å². The molecule has 0 amide bonds. The Morgan fingerprint density at radius 3 is 3.04 bits per heavy atom. The average Bonchev–Trinajstić information content (AvgIpc) is 3.23. The fourth-order valence-corrected chi connectivity index (χ4v) is 3.15. The van der Waals surface area contributed by atoms with E-state index in [4.69, 9.17) is 9.47 Å². The molecule has 0 radical (unpaired) electrons. The summed E-state index contributed by atoms with van der Waals surface area (Å²) in [4.78, 5) is 2.42. The summed E-state index contributed by atoms with van der Waals surface area (Å²) < 4.78 is 24.2. The second-order valence-electron chi connectivity index (χ2n) is 6.03. The molecule has 0 unspecified atom stereocenters. The maximum atomic E-state index is 13.5. The quantitative estimate of drug-likeness (QED) is 0.807. The van der Waals surface area contributed by atoms with Crippen molar-refractivity contribution in [3.8, 4) is 5.75 Å². The highest BCUT2D eigenvalue weighted by Gasteiger charge is 2.27. The maximum Gasteiger partial charge on any atom is 0.165 e. The zero-order valence-electron chi connectivity index (χ0n) is 14.0. The van der Waals surface area contributed by atoms with E-state index < -0.39 is 0 Å². The monoisotopic (exact) mass is 333 g/mol. The lowest BCUT2D eigenvalue weighted by atomic mass is 10.1. The van der Waals surface area contributed by atoms with Gasteiger partial charge in [-0.3, -0.25) is 10.00 Å². The summed E-state index contributed by atoms with van der Waals surface area (Å²) in [6, 6.07) is 8.91. The van der Waals surface area contributed by atoms with Crippen molar-refractivity contribution in [2.45, 2.75) is 25.3 Å². The van der Waals surface area contributed by atoms with Gasteiger partial charge in [0.05, 0.1) is 24.9 Å². The van der Waals surface area contributed by atoms with Crippen LogP contribution in [0.25, 0.3) is 0 Å². The summed E-state index contributed by atoms with van der Waals surface area (Å²) in [6.07, 6.45) is 2.98. The van der Waals surface area contributed by atoms with Crippen LogP contribution in [0.3, 0.4) is 0 Å². The third-order valence-electron chi connectivity index (χ3n) is 4.40. The van der Waals surface area contributed by atoms with Crippen molar-refractivity contribution in [3.63, 3.8) is 0 Å². The fraction of sp³-hybridized carbons (Fsp3) is 0.500. The summed E-state index contributed by atoms with van der Waals surface area (Å²) >= 11 is 0. The van der Waals surface area contributed by atoms with Gasteiger partial charge in [0.2, 0.25) is 0 Å². The van der Waals surface area contributed by atoms with Crippen molar-refractivity contribution in [2.24, 2.45) is 0 Å². The summed E-state index contributed by atoms with van der Waals surface area (Å²) in [5.41, 5.74) is 2.09. The van der Waals surface area contributed by atoms with Gasteiger partial charge in [0.1, 0.15) is 0 Å². The van der Waals surface area contributed by atoms with Crippen molar-refractivity contribution in [1.29, 1.82) is 0 Å². The fourth-order valence-electron chi connectivity index (χ4n) is 3.15. The van der Waals surface area contributed by atoms with Gasteiger partial charge in [-0.2, -0.15) is 5.10 Å². The van der Waals surface area contributed by atoms with Crippen molar-refractivity contribution >= 4 is 0 Å². The van der Waals surface area contributed by atoms with Crippen LogP contribution in [0.4, 0.5) is 4.39 Å². The number of halogens is 1. The van der Waals surface area contributed by atoms with Crippen LogP contribution in [-0.4, -0.2) is 48.5 Å². The lowest BCUT2D eigenvalue weighted by Gasteiger charge is -2.22. The molecule has 2 heterocycles. The SMILES string of the molecule is COCCN1CCC[C@@H]1c1cc(CCOc2ccccc2F)[nH]n1. The van der Waals surface area contributed by atoms with Gasteiger partial charge < -0.3 is 9.47 Å². The maximum absolute atomic E-state index is 13.5. The molecule has 2 aromatic rings. The number of nitrogens with one attached hydrogen (secondary N) is 1. The smallest absolute Gasteiger partial charge is 0.165 e. The van der Waals surface area contributed by atoms with Crippen LogP contribution in [0.2, 0.25) is 0 Å². The zero-order valence-corrected chi connectivity index (χ0v) is 14.0. The Balaban J connectivity index is 1.53. The first-order chi connectivity index (χ1) is 11.8. The minimum atomic E-state index is -0.331. The standard InChI is InChI=1S/C18H24FN3O2/c1-23-12-10-22-9-4-6-17(22)16-13-14(20-21-16)8-11-24-18-7-3-2-5-15(18)19/h2-3,5,7,13,17H,4,6,8-12H2,1H3,(H,20,21)/t17-/m1/s1. The molecule has 0 spiro atoms. The summed E-state index contributed by atoms with van der Waals surface area (Å²) in [6.45, 7) is 3.18. The van der Waals surface area contributed by atoms with Gasteiger partial charge in [-0.05, 0) is 37.6 Å². The summed E-state index contributed by atoms with van der Waals surface area (Å²) in [5.74, 6) is -0.0405. The highest BCUT2D eigenvalue weighted by molar-refractivity contribution is 5.23. The number of para-hydroxylation sites is 1. The molecule has 1 aromatic heterocycles. The van der Waals surface area contributed by atoms with E-state index >= 15 is 0 Å². The highest BCUT2D eigenvalue weighted by atomic mass is 19.1. The Morgan fingerprint density at radius 1 is 1.33 bits per heavy atom. The van der Waals surface area contributed by atoms with Crippen molar-refractivity contribution in [2.75, 3.05) is 33.4 Å². The number of aromatic nitrogens is 2. The largest absolute Gasteiger partial charge is 0.490 e. The molecule has 1 aliphatic rings. The zero-order chi connectivity index (χ0) is 16.8. The number of rotatable bonds is 8. The van der Waals surface area contributed by atoms with Crippen LogP contribution < -0.4 is 4.74 Å². The number of hydrogen-bond acceptors (Lipinski definition) is 4. The van der Waals surface area contributed by atoms with Gasteiger partial charge in [-0.15, -0.1) is 0 Å². The molecular formula is C18H24FN3O2. The third-order valence-corrected chi connectivity index (χ3v) is 4.40. The molecule has 0 saturated carbocycles. The molecule has 24 heavy (non-hydrogen) atoms. The average molecular weight is 333 g/mol. The molecule has 0 aliphatic carbocycles. The van der Waals surface area contributed by atoms with E-state index in [1.807, 2.05) is 0 Å². The molecular weight excluding hydrogens is 309 g/mol. The van der Waals surface area contributed by atoms with Crippen molar-refractivity contribution in [3.05, 3.63) is 47.5 Å². The van der Waals surface area contributed by atoms with Crippen LogP contribution in [0.15, 0.2) is 30.3 Å². The minimum absolute atomic E-state index is 0.291. The Morgan fingerprint density at radius 2 is 2.21 bits per heavy atom. The highest BCUT2D eigenvalue weighted by Crippen LogP contribution is 2.30. The first-order valence-corrected chi connectivity index (χ1v) is 8.42. The van der Waals surface area contributed by atoms with E-state index in [1.165, 1.54) is 12.5 Å². The number of H-pyrrole nitrogens is 1. The van der Waals surface area contributed by atoms with E-state index in [9.17, 15) is 4.39 Å². The number of hydrogen-bond donors (Lipinski definition) is 1. The second-order valence-corrected chi connectivity index (χ2v) is 6.03. The second kappa shape index (κ2) is 8.26. The number of aromatic amines is 1. The molecule has 130 valence electrons. The number of methoxy groups -OCH3 is 1. The van der Waals surface area contributed by atoms with Gasteiger partial charge >= 0.3 is 0 Å². The minimum Gasteiger partial charge on any atom is -0.490 e. The van der Waals surface area contributed by atoms with E-state index in [0.717, 1.165) is 37.5 Å². The van der Waals surface area contributed by atoms with Gasteiger partial charge in [-0.25, -0.2) is 4.39 Å². The number of benzene rings is 1. The molecule has 1 aromatic carbocycles.